The number of aromatic amines is 1. The normalized spacial score (nSPS) is 23.1. The van der Waals surface area contributed by atoms with Crippen LogP contribution in [0.1, 0.15) is 54.5 Å². The molecule has 2 heterocycles. The van der Waals surface area contributed by atoms with Crippen molar-refractivity contribution >= 4 is 5.91 Å². The number of benzene rings is 1. The van der Waals surface area contributed by atoms with Crippen LogP contribution in [0.25, 0.3) is 0 Å². The minimum atomic E-state index is -0.0890. The Kier molecular flexibility index (Phi) is 3.77. The highest BCUT2D eigenvalue weighted by atomic mass is 16.5. The van der Waals surface area contributed by atoms with Crippen LogP contribution in [0.2, 0.25) is 0 Å². The van der Waals surface area contributed by atoms with Crippen LogP contribution in [0.3, 0.4) is 0 Å². The average Bonchev–Trinajstić information content (AvgIpc) is 2.97. The third kappa shape index (κ3) is 2.71. The number of hydrogen-bond donors (Lipinski definition) is 2. The van der Waals surface area contributed by atoms with E-state index in [4.69, 9.17) is 4.74 Å². The molecule has 2 aliphatic rings. The summed E-state index contributed by atoms with van der Waals surface area (Å²) in [6.07, 6.45) is 6.57. The van der Waals surface area contributed by atoms with Crippen molar-refractivity contribution in [2.45, 2.75) is 44.1 Å². The lowest BCUT2D eigenvalue weighted by atomic mass is 9.86. The highest BCUT2D eigenvalue weighted by Crippen LogP contribution is 2.34. The number of ether oxygens (including phenoxy) is 1. The maximum absolute atomic E-state index is 12.9. The van der Waals surface area contributed by atoms with E-state index in [1.165, 1.54) is 0 Å². The SMILES string of the molecule is O=C(NC1CCCOc2ccccc21)C1CCCc2[nH]ncc21. The van der Waals surface area contributed by atoms with Gasteiger partial charge in [0.25, 0.3) is 0 Å². The number of nitrogens with zero attached hydrogens (tertiary/aromatic N) is 1. The molecule has 2 atom stereocenters. The summed E-state index contributed by atoms with van der Waals surface area (Å²) in [5.41, 5.74) is 3.26. The van der Waals surface area contributed by atoms with Crippen molar-refractivity contribution in [3.05, 3.63) is 47.3 Å². The van der Waals surface area contributed by atoms with E-state index >= 15 is 0 Å². The number of aryl methyl sites for hydroxylation is 1. The monoisotopic (exact) mass is 311 g/mol. The molecule has 120 valence electrons. The molecule has 0 saturated carbocycles. The standard InChI is InChI=1S/C18H21N3O2/c22-18(12-6-3-7-16-14(12)11-19-21-16)20-15-8-4-10-23-17-9-2-1-5-13(15)17/h1-2,5,9,11-12,15H,3-4,6-8,10H2,(H,19,21)(H,20,22). The molecule has 1 aromatic heterocycles. The largest absolute Gasteiger partial charge is 0.493 e. The number of aromatic nitrogens is 2. The van der Waals surface area contributed by atoms with Gasteiger partial charge in [-0.1, -0.05) is 18.2 Å². The molecule has 0 fully saturated rings. The number of amides is 1. The summed E-state index contributed by atoms with van der Waals surface area (Å²) < 4.78 is 5.78. The fourth-order valence-electron chi connectivity index (χ4n) is 3.68. The van der Waals surface area contributed by atoms with E-state index in [1.807, 2.05) is 24.4 Å². The molecule has 0 saturated heterocycles. The topological polar surface area (TPSA) is 67.0 Å². The Balaban J connectivity index is 1.56. The fourth-order valence-corrected chi connectivity index (χ4v) is 3.68. The number of fused-ring (bicyclic) bond motifs is 2. The zero-order valence-electron chi connectivity index (χ0n) is 13.0. The van der Waals surface area contributed by atoms with Crippen molar-refractivity contribution < 1.29 is 9.53 Å². The van der Waals surface area contributed by atoms with Gasteiger partial charge >= 0.3 is 0 Å². The Hall–Kier alpha value is -2.30. The van der Waals surface area contributed by atoms with Crippen molar-refractivity contribution in [3.8, 4) is 5.75 Å². The van der Waals surface area contributed by atoms with Gasteiger partial charge in [-0.15, -0.1) is 0 Å². The van der Waals surface area contributed by atoms with Crippen molar-refractivity contribution in [1.29, 1.82) is 0 Å². The molecule has 2 aromatic rings. The predicted molar refractivity (Wildman–Crippen MR) is 86.3 cm³/mol. The minimum absolute atomic E-state index is 0.0264. The highest BCUT2D eigenvalue weighted by molar-refractivity contribution is 5.84. The van der Waals surface area contributed by atoms with Gasteiger partial charge in [-0.05, 0) is 38.2 Å². The zero-order chi connectivity index (χ0) is 15.6. The number of carbonyl (C=O) groups excluding carboxylic acids is 1. The number of para-hydroxylation sites is 1. The van der Waals surface area contributed by atoms with Crippen LogP contribution in [-0.2, 0) is 11.2 Å². The fraction of sp³-hybridized carbons (Fsp3) is 0.444. The number of H-pyrrole nitrogens is 1. The van der Waals surface area contributed by atoms with Gasteiger partial charge in [0, 0.05) is 16.8 Å². The quantitative estimate of drug-likeness (QED) is 0.896. The Morgan fingerprint density at radius 1 is 1.22 bits per heavy atom. The van der Waals surface area contributed by atoms with E-state index in [1.54, 1.807) is 0 Å². The van der Waals surface area contributed by atoms with Gasteiger partial charge in [-0.3, -0.25) is 9.89 Å². The number of nitrogens with one attached hydrogen (secondary N) is 2. The molecular weight excluding hydrogens is 290 g/mol. The lowest BCUT2D eigenvalue weighted by Gasteiger charge is -2.25. The second-order valence-corrected chi connectivity index (χ2v) is 6.34. The average molecular weight is 311 g/mol. The lowest BCUT2D eigenvalue weighted by molar-refractivity contribution is -0.123. The molecular formula is C18H21N3O2. The molecule has 0 bridgehead atoms. The molecule has 0 spiro atoms. The zero-order valence-corrected chi connectivity index (χ0v) is 13.0. The first kappa shape index (κ1) is 14.3. The molecule has 2 unspecified atom stereocenters. The summed E-state index contributed by atoms with van der Waals surface area (Å²) in [4.78, 5) is 12.9. The summed E-state index contributed by atoms with van der Waals surface area (Å²) in [5, 5.41) is 10.4. The van der Waals surface area contributed by atoms with Gasteiger partial charge < -0.3 is 10.1 Å². The molecule has 5 nitrogen and oxygen atoms in total. The van der Waals surface area contributed by atoms with Crippen LogP contribution in [0.5, 0.6) is 5.75 Å². The smallest absolute Gasteiger partial charge is 0.228 e. The summed E-state index contributed by atoms with van der Waals surface area (Å²) >= 11 is 0. The number of carbonyl (C=O) groups is 1. The van der Waals surface area contributed by atoms with Gasteiger partial charge in [-0.2, -0.15) is 5.10 Å². The Bertz CT molecular complexity index is 710. The van der Waals surface area contributed by atoms with Crippen LogP contribution >= 0.6 is 0 Å². The highest BCUT2D eigenvalue weighted by Gasteiger charge is 2.30. The summed E-state index contributed by atoms with van der Waals surface area (Å²) in [6.45, 7) is 0.707. The number of hydrogen-bond acceptors (Lipinski definition) is 3. The van der Waals surface area contributed by atoms with Crippen molar-refractivity contribution in [1.82, 2.24) is 15.5 Å². The molecule has 4 rings (SSSR count). The van der Waals surface area contributed by atoms with Crippen molar-refractivity contribution in [3.63, 3.8) is 0 Å². The van der Waals surface area contributed by atoms with Gasteiger partial charge in [0.05, 0.1) is 24.8 Å². The first-order chi connectivity index (χ1) is 11.3. The van der Waals surface area contributed by atoms with E-state index in [-0.39, 0.29) is 17.9 Å². The minimum Gasteiger partial charge on any atom is -0.493 e. The first-order valence-corrected chi connectivity index (χ1v) is 8.37. The van der Waals surface area contributed by atoms with Gasteiger partial charge in [0.1, 0.15) is 5.75 Å². The van der Waals surface area contributed by atoms with E-state index in [2.05, 4.69) is 21.6 Å². The van der Waals surface area contributed by atoms with Gasteiger partial charge in [0.15, 0.2) is 0 Å². The van der Waals surface area contributed by atoms with E-state index < -0.39 is 0 Å². The maximum atomic E-state index is 12.9. The van der Waals surface area contributed by atoms with E-state index in [0.717, 1.165) is 54.7 Å². The molecule has 1 aliphatic carbocycles. The molecule has 2 N–H and O–H groups in total. The van der Waals surface area contributed by atoms with Crippen LogP contribution in [0, 0.1) is 0 Å². The van der Waals surface area contributed by atoms with Crippen LogP contribution in [-0.4, -0.2) is 22.7 Å². The van der Waals surface area contributed by atoms with Crippen LogP contribution in [0.4, 0.5) is 0 Å². The molecule has 1 amide bonds. The Labute approximate surface area is 135 Å². The molecule has 23 heavy (non-hydrogen) atoms. The lowest BCUT2D eigenvalue weighted by Crippen LogP contribution is -2.34. The molecule has 0 radical (unpaired) electrons. The summed E-state index contributed by atoms with van der Waals surface area (Å²) in [5.74, 6) is 0.908. The third-order valence-electron chi connectivity index (χ3n) is 4.87. The van der Waals surface area contributed by atoms with Crippen molar-refractivity contribution in [2.24, 2.45) is 0 Å². The Morgan fingerprint density at radius 2 is 2.13 bits per heavy atom. The first-order valence-electron chi connectivity index (χ1n) is 8.37. The van der Waals surface area contributed by atoms with E-state index in [0.29, 0.717) is 6.61 Å². The third-order valence-corrected chi connectivity index (χ3v) is 4.87. The second kappa shape index (κ2) is 6.07. The van der Waals surface area contributed by atoms with E-state index in [9.17, 15) is 4.79 Å². The van der Waals surface area contributed by atoms with Gasteiger partial charge in [0.2, 0.25) is 5.91 Å². The summed E-state index contributed by atoms with van der Waals surface area (Å²) in [6, 6.07) is 8.03. The van der Waals surface area contributed by atoms with Gasteiger partial charge in [-0.25, -0.2) is 0 Å². The Morgan fingerprint density at radius 3 is 3.09 bits per heavy atom. The van der Waals surface area contributed by atoms with Crippen LogP contribution in [0.15, 0.2) is 30.5 Å². The maximum Gasteiger partial charge on any atom is 0.228 e. The number of rotatable bonds is 2. The molecule has 1 aromatic carbocycles. The second-order valence-electron chi connectivity index (χ2n) is 6.34. The van der Waals surface area contributed by atoms with Crippen LogP contribution < -0.4 is 10.1 Å². The molecule has 5 heteroatoms. The predicted octanol–water partition coefficient (Wildman–Crippen LogP) is 2.86. The molecule has 1 aliphatic heterocycles. The van der Waals surface area contributed by atoms with Crippen molar-refractivity contribution in [2.75, 3.05) is 6.61 Å². The summed E-state index contributed by atoms with van der Waals surface area (Å²) in [7, 11) is 0.